The summed E-state index contributed by atoms with van der Waals surface area (Å²) < 4.78 is 5.76. The molecule has 0 saturated carbocycles. The van der Waals surface area contributed by atoms with Crippen LogP contribution in [0.1, 0.15) is 11.8 Å². The Balaban J connectivity index is 1.40. The third-order valence-corrected chi connectivity index (χ3v) is 5.17. The lowest BCUT2D eigenvalue weighted by atomic mass is 10.1. The third-order valence-electron chi connectivity index (χ3n) is 4.30. The van der Waals surface area contributed by atoms with E-state index in [1.54, 1.807) is 24.5 Å². The van der Waals surface area contributed by atoms with Crippen LogP contribution in [-0.4, -0.2) is 22.0 Å². The molecule has 4 rings (SSSR count). The van der Waals surface area contributed by atoms with E-state index in [0.717, 1.165) is 27.2 Å². The first-order valence-electron chi connectivity index (χ1n) is 8.98. The molecule has 2 aromatic heterocycles. The highest BCUT2D eigenvalue weighted by Gasteiger charge is 2.14. The van der Waals surface area contributed by atoms with Gasteiger partial charge in [-0.2, -0.15) is 0 Å². The second-order valence-electron chi connectivity index (χ2n) is 6.33. The Bertz CT molecular complexity index is 1080. The summed E-state index contributed by atoms with van der Waals surface area (Å²) in [6, 6.07) is 19.3. The highest BCUT2D eigenvalue weighted by molar-refractivity contribution is 7.09. The second kappa shape index (κ2) is 8.19. The van der Waals surface area contributed by atoms with Gasteiger partial charge in [0.1, 0.15) is 5.75 Å². The molecule has 1 N–H and O–H groups in total. The van der Waals surface area contributed by atoms with Crippen LogP contribution in [0.2, 0.25) is 0 Å². The van der Waals surface area contributed by atoms with Crippen LogP contribution < -0.4 is 10.1 Å². The number of hydrogen-bond donors (Lipinski definition) is 1. The van der Waals surface area contributed by atoms with Crippen LogP contribution in [0.3, 0.4) is 0 Å². The summed E-state index contributed by atoms with van der Waals surface area (Å²) in [6.45, 7) is 2.26. The van der Waals surface area contributed by atoms with Crippen molar-refractivity contribution in [1.82, 2.24) is 15.3 Å². The van der Waals surface area contributed by atoms with Crippen LogP contribution in [0.15, 0.2) is 72.2 Å². The van der Waals surface area contributed by atoms with Gasteiger partial charge < -0.3 is 10.1 Å². The maximum absolute atomic E-state index is 12.2. The Morgan fingerprint density at radius 2 is 1.86 bits per heavy atom. The van der Waals surface area contributed by atoms with Crippen LogP contribution in [0, 0.1) is 0 Å². The van der Waals surface area contributed by atoms with Crippen LogP contribution in [-0.2, 0) is 11.3 Å². The van der Waals surface area contributed by atoms with Crippen LogP contribution >= 0.6 is 11.3 Å². The summed E-state index contributed by atoms with van der Waals surface area (Å²) in [5, 5.41) is 4.88. The van der Waals surface area contributed by atoms with E-state index in [1.807, 2.05) is 66.0 Å². The largest absolute Gasteiger partial charge is 0.481 e. The quantitative estimate of drug-likeness (QED) is 0.529. The number of ether oxygens (including phenoxy) is 1. The smallest absolute Gasteiger partial charge is 0.261 e. The predicted octanol–water partition coefficient (Wildman–Crippen LogP) is 4.44. The first-order chi connectivity index (χ1) is 13.7. The van der Waals surface area contributed by atoms with Gasteiger partial charge in [-0.05, 0) is 54.8 Å². The second-order valence-corrected chi connectivity index (χ2v) is 7.36. The number of hydrogen-bond acceptors (Lipinski definition) is 5. The van der Waals surface area contributed by atoms with E-state index < -0.39 is 6.10 Å². The molecular formula is C22H19N3O2S. The molecule has 5 nitrogen and oxygen atoms in total. The zero-order valence-corrected chi connectivity index (χ0v) is 16.1. The Hall–Kier alpha value is -3.25. The predicted molar refractivity (Wildman–Crippen MR) is 111 cm³/mol. The number of benzene rings is 2. The molecule has 0 saturated heterocycles. The van der Waals surface area contributed by atoms with Crippen molar-refractivity contribution in [3.8, 4) is 17.0 Å². The van der Waals surface area contributed by atoms with Gasteiger partial charge in [0, 0.05) is 10.4 Å². The van der Waals surface area contributed by atoms with Gasteiger partial charge in [-0.25, -0.2) is 4.98 Å². The van der Waals surface area contributed by atoms with E-state index in [1.165, 1.54) is 0 Å². The molecule has 140 valence electrons. The molecule has 2 heterocycles. The van der Waals surface area contributed by atoms with Gasteiger partial charge in [0.05, 0.1) is 29.5 Å². The molecule has 0 bridgehead atoms. The monoisotopic (exact) mass is 389 g/mol. The van der Waals surface area contributed by atoms with E-state index in [4.69, 9.17) is 4.74 Å². The number of nitrogens with zero attached hydrogens (tertiary/aromatic N) is 2. The zero-order valence-electron chi connectivity index (χ0n) is 15.3. The molecule has 0 aliphatic heterocycles. The topological polar surface area (TPSA) is 64.1 Å². The summed E-state index contributed by atoms with van der Waals surface area (Å²) in [5.41, 5.74) is 3.47. The fourth-order valence-corrected chi connectivity index (χ4v) is 3.43. The number of aromatic nitrogens is 2. The average Bonchev–Trinajstić information content (AvgIpc) is 3.26. The minimum Gasteiger partial charge on any atom is -0.481 e. The molecule has 4 aromatic rings. The van der Waals surface area contributed by atoms with E-state index in [-0.39, 0.29) is 5.91 Å². The number of amides is 1. The number of para-hydroxylation sites is 2. The number of thiophene rings is 1. The molecule has 6 heteroatoms. The van der Waals surface area contributed by atoms with Gasteiger partial charge in [0.25, 0.3) is 5.91 Å². The maximum atomic E-state index is 12.2. The van der Waals surface area contributed by atoms with Gasteiger partial charge in [0.2, 0.25) is 0 Å². The van der Waals surface area contributed by atoms with Crippen molar-refractivity contribution in [2.75, 3.05) is 0 Å². The van der Waals surface area contributed by atoms with Crippen LogP contribution in [0.4, 0.5) is 0 Å². The van der Waals surface area contributed by atoms with Crippen LogP contribution in [0.25, 0.3) is 22.3 Å². The summed E-state index contributed by atoms with van der Waals surface area (Å²) in [4.78, 5) is 22.4. The highest BCUT2D eigenvalue weighted by atomic mass is 32.1. The molecule has 0 unspecified atom stereocenters. The van der Waals surface area contributed by atoms with E-state index in [0.29, 0.717) is 12.3 Å². The summed E-state index contributed by atoms with van der Waals surface area (Å²) in [7, 11) is 0. The average molecular weight is 389 g/mol. The van der Waals surface area contributed by atoms with E-state index in [2.05, 4.69) is 15.3 Å². The first-order valence-corrected chi connectivity index (χ1v) is 9.86. The van der Waals surface area contributed by atoms with Crippen molar-refractivity contribution in [2.45, 2.75) is 19.6 Å². The van der Waals surface area contributed by atoms with Gasteiger partial charge in [-0.1, -0.05) is 18.2 Å². The van der Waals surface area contributed by atoms with Crippen molar-refractivity contribution in [3.05, 3.63) is 77.1 Å². The fraction of sp³-hybridized carbons (Fsp3) is 0.136. The molecule has 0 aliphatic carbocycles. The molecule has 0 spiro atoms. The lowest BCUT2D eigenvalue weighted by Gasteiger charge is -2.14. The minimum atomic E-state index is -0.578. The standard InChI is InChI=1S/C22H19N3O2S/c1-15(22(26)24-13-18-5-4-12-28-18)27-17-10-8-16(9-11-17)21-14-23-19-6-2-3-7-20(19)25-21/h2-12,14-15H,13H2,1H3,(H,24,26)/t15-/m0/s1. The van der Waals surface area contributed by atoms with Crippen molar-refractivity contribution < 1.29 is 9.53 Å². The molecule has 0 aliphatic rings. The molecule has 0 radical (unpaired) electrons. The lowest BCUT2D eigenvalue weighted by molar-refractivity contribution is -0.127. The molecule has 2 aromatic carbocycles. The van der Waals surface area contributed by atoms with Gasteiger partial charge in [-0.15, -0.1) is 11.3 Å². The fourth-order valence-electron chi connectivity index (χ4n) is 2.79. The van der Waals surface area contributed by atoms with Gasteiger partial charge in [0.15, 0.2) is 6.10 Å². The first kappa shape index (κ1) is 18.1. The van der Waals surface area contributed by atoms with Gasteiger partial charge in [-0.3, -0.25) is 9.78 Å². The highest BCUT2D eigenvalue weighted by Crippen LogP contribution is 2.22. The molecular weight excluding hydrogens is 370 g/mol. The Labute approximate surface area is 167 Å². The minimum absolute atomic E-state index is 0.141. The van der Waals surface area contributed by atoms with Crippen molar-refractivity contribution >= 4 is 28.3 Å². The number of carbonyl (C=O) groups is 1. The van der Waals surface area contributed by atoms with Gasteiger partial charge >= 0.3 is 0 Å². The van der Waals surface area contributed by atoms with E-state index >= 15 is 0 Å². The Morgan fingerprint density at radius 1 is 1.07 bits per heavy atom. The normalized spacial score (nSPS) is 11.9. The van der Waals surface area contributed by atoms with Crippen molar-refractivity contribution in [1.29, 1.82) is 0 Å². The third kappa shape index (κ3) is 4.18. The summed E-state index contributed by atoms with van der Waals surface area (Å²) in [5.74, 6) is 0.495. The van der Waals surface area contributed by atoms with E-state index in [9.17, 15) is 4.79 Å². The molecule has 0 fully saturated rings. The van der Waals surface area contributed by atoms with Crippen molar-refractivity contribution in [2.24, 2.45) is 0 Å². The maximum Gasteiger partial charge on any atom is 0.261 e. The van der Waals surface area contributed by atoms with Crippen molar-refractivity contribution in [3.63, 3.8) is 0 Å². The Kier molecular flexibility index (Phi) is 5.30. The summed E-state index contributed by atoms with van der Waals surface area (Å²) in [6.07, 6.45) is 1.19. The number of nitrogens with one attached hydrogen (secondary N) is 1. The SMILES string of the molecule is C[C@H](Oc1ccc(-c2cnc3ccccc3n2)cc1)C(=O)NCc1cccs1. The number of fused-ring (bicyclic) bond motifs is 1. The molecule has 1 atom stereocenters. The zero-order chi connectivity index (χ0) is 19.3. The van der Waals surface area contributed by atoms with Crippen LogP contribution in [0.5, 0.6) is 5.75 Å². The summed E-state index contributed by atoms with van der Waals surface area (Å²) >= 11 is 1.61. The Morgan fingerprint density at radius 3 is 2.61 bits per heavy atom. The number of rotatable bonds is 6. The molecule has 28 heavy (non-hydrogen) atoms. The number of carbonyl (C=O) groups excluding carboxylic acids is 1. The molecule has 1 amide bonds. The lowest BCUT2D eigenvalue weighted by Crippen LogP contribution is -2.35.